The number of furan rings is 1. The molecular weight excluding hydrogens is 252 g/mol. The molecule has 2 aromatic rings. The van der Waals surface area contributed by atoms with Crippen molar-refractivity contribution in [3.8, 4) is 0 Å². The monoisotopic (exact) mass is 272 g/mol. The second kappa shape index (κ2) is 5.29. The van der Waals surface area contributed by atoms with E-state index in [1.54, 1.807) is 0 Å². The number of hydrogen-bond donors (Lipinski definition) is 2. The van der Waals surface area contributed by atoms with E-state index < -0.39 is 0 Å². The maximum absolute atomic E-state index is 12.2. The van der Waals surface area contributed by atoms with Gasteiger partial charge in [-0.05, 0) is 38.3 Å². The summed E-state index contributed by atoms with van der Waals surface area (Å²) in [6, 6.07) is 9.90. The highest BCUT2D eigenvalue weighted by Gasteiger charge is 2.28. The predicted molar refractivity (Wildman–Crippen MR) is 78.1 cm³/mol. The Morgan fingerprint density at radius 2 is 2.20 bits per heavy atom. The van der Waals surface area contributed by atoms with E-state index in [0.717, 1.165) is 36.0 Å². The van der Waals surface area contributed by atoms with Crippen molar-refractivity contribution in [2.45, 2.75) is 38.3 Å². The van der Waals surface area contributed by atoms with Crippen LogP contribution in [0.25, 0.3) is 11.0 Å². The summed E-state index contributed by atoms with van der Waals surface area (Å²) in [6.45, 7) is 1.95. The Morgan fingerprint density at radius 3 is 2.90 bits per heavy atom. The molecular formula is C16H20N2O2. The van der Waals surface area contributed by atoms with Crippen molar-refractivity contribution in [3.05, 3.63) is 36.1 Å². The first kappa shape index (κ1) is 13.2. The molecule has 1 fully saturated rings. The summed E-state index contributed by atoms with van der Waals surface area (Å²) in [4.78, 5) is 12.2. The minimum atomic E-state index is -0.119. The molecule has 20 heavy (non-hydrogen) atoms. The van der Waals surface area contributed by atoms with Crippen LogP contribution in [0, 0.1) is 5.92 Å². The first-order chi connectivity index (χ1) is 9.63. The van der Waals surface area contributed by atoms with E-state index in [0.29, 0.717) is 0 Å². The second-order valence-corrected chi connectivity index (χ2v) is 5.69. The van der Waals surface area contributed by atoms with Crippen molar-refractivity contribution >= 4 is 16.9 Å². The van der Waals surface area contributed by atoms with E-state index >= 15 is 0 Å². The van der Waals surface area contributed by atoms with Gasteiger partial charge in [-0.1, -0.05) is 18.2 Å². The van der Waals surface area contributed by atoms with Gasteiger partial charge in [0.05, 0.1) is 6.04 Å². The minimum Gasteiger partial charge on any atom is -0.459 e. The zero-order valence-corrected chi connectivity index (χ0v) is 11.6. The number of hydrogen-bond acceptors (Lipinski definition) is 3. The van der Waals surface area contributed by atoms with E-state index in [1.807, 2.05) is 37.3 Å². The van der Waals surface area contributed by atoms with E-state index in [1.165, 1.54) is 0 Å². The van der Waals surface area contributed by atoms with Crippen LogP contribution >= 0.6 is 0 Å². The molecule has 3 N–H and O–H groups in total. The molecule has 1 saturated carbocycles. The SMILES string of the molecule is CC(NC(=O)C1CCC(N)C1)c1cc2ccccc2o1. The van der Waals surface area contributed by atoms with Gasteiger partial charge < -0.3 is 15.5 Å². The molecule has 0 radical (unpaired) electrons. The Labute approximate surface area is 118 Å². The molecule has 4 heteroatoms. The number of nitrogens with two attached hydrogens (primary N) is 1. The zero-order valence-electron chi connectivity index (χ0n) is 11.6. The number of rotatable bonds is 3. The van der Waals surface area contributed by atoms with Gasteiger partial charge in [-0.3, -0.25) is 4.79 Å². The van der Waals surface area contributed by atoms with Crippen LogP contribution in [0.5, 0.6) is 0 Å². The molecule has 3 atom stereocenters. The lowest BCUT2D eigenvalue weighted by Gasteiger charge is -2.15. The highest BCUT2D eigenvalue weighted by atomic mass is 16.3. The van der Waals surface area contributed by atoms with Crippen molar-refractivity contribution in [3.63, 3.8) is 0 Å². The highest BCUT2D eigenvalue weighted by molar-refractivity contribution is 5.80. The van der Waals surface area contributed by atoms with Crippen molar-refractivity contribution in [2.24, 2.45) is 11.7 Å². The van der Waals surface area contributed by atoms with E-state index in [4.69, 9.17) is 10.2 Å². The molecule has 0 saturated heterocycles. The Balaban J connectivity index is 1.69. The molecule has 0 bridgehead atoms. The summed E-state index contributed by atoms with van der Waals surface area (Å²) in [6.07, 6.45) is 2.62. The van der Waals surface area contributed by atoms with E-state index in [9.17, 15) is 4.79 Å². The average molecular weight is 272 g/mol. The summed E-state index contributed by atoms with van der Waals surface area (Å²) in [5, 5.41) is 4.09. The lowest BCUT2D eigenvalue weighted by Crippen LogP contribution is -2.32. The zero-order chi connectivity index (χ0) is 14.1. The standard InChI is InChI=1S/C16H20N2O2/c1-10(18-16(19)12-6-7-13(17)8-12)15-9-11-4-2-3-5-14(11)20-15/h2-5,9-10,12-13H,6-8,17H2,1H3,(H,18,19). The van der Waals surface area contributed by atoms with Crippen molar-refractivity contribution in [1.29, 1.82) is 0 Å². The third-order valence-corrected chi connectivity index (χ3v) is 4.07. The predicted octanol–water partition coefficient (Wildman–Crippen LogP) is 2.74. The van der Waals surface area contributed by atoms with Crippen LogP contribution in [0.15, 0.2) is 34.7 Å². The normalized spacial score (nSPS) is 23.9. The largest absolute Gasteiger partial charge is 0.459 e. The van der Waals surface area contributed by atoms with Crippen molar-refractivity contribution in [1.82, 2.24) is 5.32 Å². The van der Waals surface area contributed by atoms with Crippen LogP contribution in [0.3, 0.4) is 0 Å². The smallest absolute Gasteiger partial charge is 0.223 e. The van der Waals surface area contributed by atoms with Crippen LogP contribution in [-0.2, 0) is 4.79 Å². The quantitative estimate of drug-likeness (QED) is 0.902. The number of amides is 1. The van der Waals surface area contributed by atoms with Gasteiger partial charge in [-0.2, -0.15) is 0 Å². The lowest BCUT2D eigenvalue weighted by molar-refractivity contribution is -0.125. The number of carbonyl (C=O) groups excluding carboxylic acids is 1. The Bertz CT molecular complexity index is 587. The lowest BCUT2D eigenvalue weighted by atomic mass is 10.1. The Kier molecular flexibility index (Phi) is 3.49. The summed E-state index contributed by atoms with van der Waals surface area (Å²) in [5.74, 6) is 0.935. The molecule has 0 aliphatic heterocycles. The highest BCUT2D eigenvalue weighted by Crippen LogP contribution is 2.27. The molecule has 1 amide bonds. The van der Waals surface area contributed by atoms with Gasteiger partial charge >= 0.3 is 0 Å². The molecule has 3 unspecified atom stereocenters. The van der Waals surface area contributed by atoms with Crippen LogP contribution in [0.1, 0.15) is 38.0 Å². The molecule has 1 aliphatic rings. The Hall–Kier alpha value is -1.81. The van der Waals surface area contributed by atoms with Crippen LogP contribution in [-0.4, -0.2) is 11.9 Å². The van der Waals surface area contributed by atoms with Gasteiger partial charge in [0.25, 0.3) is 0 Å². The third-order valence-electron chi connectivity index (χ3n) is 4.07. The third kappa shape index (κ3) is 2.56. The average Bonchev–Trinajstić information content (AvgIpc) is 3.04. The molecule has 106 valence electrons. The van der Waals surface area contributed by atoms with Gasteiger partial charge in [-0.15, -0.1) is 0 Å². The fourth-order valence-electron chi connectivity index (χ4n) is 2.87. The van der Waals surface area contributed by atoms with E-state index in [-0.39, 0.29) is 23.9 Å². The molecule has 1 aliphatic carbocycles. The second-order valence-electron chi connectivity index (χ2n) is 5.69. The van der Waals surface area contributed by atoms with Crippen LogP contribution in [0.4, 0.5) is 0 Å². The summed E-state index contributed by atoms with van der Waals surface area (Å²) >= 11 is 0. The molecule has 3 rings (SSSR count). The topological polar surface area (TPSA) is 68.3 Å². The fraction of sp³-hybridized carbons (Fsp3) is 0.438. The minimum absolute atomic E-state index is 0.0526. The molecule has 4 nitrogen and oxygen atoms in total. The van der Waals surface area contributed by atoms with Gasteiger partial charge in [0, 0.05) is 17.3 Å². The number of fused-ring (bicyclic) bond motifs is 1. The molecule has 1 aromatic carbocycles. The number of carbonyl (C=O) groups is 1. The van der Waals surface area contributed by atoms with Crippen molar-refractivity contribution in [2.75, 3.05) is 0 Å². The first-order valence-electron chi connectivity index (χ1n) is 7.18. The maximum atomic E-state index is 12.2. The first-order valence-corrected chi connectivity index (χ1v) is 7.18. The van der Waals surface area contributed by atoms with Gasteiger partial charge in [0.2, 0.25) is 5.91 Å². The summed E-state index contributed by atoms with van der Waals surface area (Å²) in [5.41, 5.74) is 6.71. The van der Waals surface area contributed by atoms with Gasteiger partial charge in [-0.25, -0.2) is 0 Å². The summed E-state index contributed by atoms with van der Waals surface area (Å²) < 4.78 is 5.78. The maximum Gasteiger partial charge on any atom is 0.223 e. The van der Waals surface area contributed by atoms with Crippen LogP contribution in [0.2, 0.25) is 0 Å². The van der Waals surface area contributed by atoms with Gasteiger partial charge in [0.15, 0.2) is 0 Å². The molecule has 1 heterocycles. The van der Waals surface area contributed by atoms with Crippen molar-refractivity contribution < 1.29 is 9.21 Å². The van der Waals surface area contributed by atoms with E-state index in [2.05, 4.69) is 5.32 Å². The fourth-order valence-corrected chi connectivity index (χ4v) is 2.87. The molecule has 0 spiro atoms. The van der Waals surface area contributed by atoms with Crippen LogP contribution < -0.4 is 11.1 Å². The number of para-hydroxylation sites is 1. The number of nitrogens with one attached hydrogen (secondary N) is 1. The number of benzene rings is 1. The summed E-state index contributed by atoms with van der Waals surface area (Å²) in [7, 11) is 0. The van der Waals surface area contributed by atoms with Gasteiger partial charge in [0.1, 0.15) is 11.3 Å². The Morgan fingerprint density at radius 1 is 1.40 bits per heavy atom. The molecule has 1 aromatic heterocycles.